The number of carbonyl (C=O) groups excluding carboxylic acids is 4. The number of aliphatic hydroxyl groups excluding tert-OH is 1. The first-order valence-corrected chi connectivity index (χ1v) is 49.6. The van der Waals surface area contributed by atoms with Gasteiger partial charge in [0.05, 0.1) is 26.4 Å². The summed E-state index contributed by atoms with van der Waals surface area (Å²) < 4.78 is 69.0. The van der Waals surface area contributed by atoms with Gasteiger partial charge in [0.2, 0.25) is 0 Å². The SMILES string of the molecule is CCCCCCCCCCCCCCCCCCCCCCC(=O)OC[C@H](COP(=O)(O)OC[C@@H](O)COP(=O)(O)OC[C@@H](COC(=O)CCCCCCCCCCC(C)CC)OC(=O)CCCCCCCCCCCCCCCCC)OC(=O)CCCCCCCCCCCCCCCCCCCCC(C)CC. The monoisotopic (exact) mass is 1590 g/mol. The van der Waals surface area contributed by atoms with Gasteiger partial charge in [-0.2, -0.15) is 0 Å². The Kier molecular flexibility index (Phi) is 79.8. The lowest BCUT2D eigenvalue weighted by Crippen LogP contribution is -2.30. The molecule has 0 heterocycles. The molecule has 0 aliphatic carbocycles. The fourth-order valence-electron chi connectivity index (χ4n) is 14.1. The van der Waals surface area contributed by atoms with Crippen LogP contribution in [0.4, 0.5) is 0 Å². The molecule has 0 rings (SSSR count). The Labute approximate surface area is 670 Å². The Hall–Kier alpha value is -1.94. The van der Waals surface area contributed by atoms with Crippen molar-refractivity contribution in [3.63, 3.8) is 0 Å². The van der Waals surface area contributed by atoms with Crippen molar-refractivity contribution < 1.29 is 80.2 Å². The summed E-state index contributed by atoms with van der Waals surface area (Å²) in [4.78, 5) is 73.4. The number of aliphatic hydroxyl groups is 1. The van der Waals surface area contributed by atoms with E-state index >= 15 is 0 Å². The van der Waals surface area contributed by atoms with E-state index in [1.165, 1.54) is 302 Å². The fourth-order valence-corrected chi connectivity index (χ4v) is 15.6. The lowest BCUT2D eigenvalue weighted by molar-refractivity contribution is -0.161. The molecule has 0 aliphatic rings. The van der Waals surface area contributed by atoms with E-state index in [1.54, 1.807) is 0 Å². The number of hydrogen-bond donors (Lipinski definition) is 3. The fraction of sp³-hybridized carbons (Fsp3) is 0.956. The summed E-state index contributed by atoms with van der Waals surface area (Å²) in [5, 5.41) is 10.7. The molecular weight excluding hydrogens is 1410 g/mol. The van der Waals surface area contributed by atoms with Gasteiger partial charge in [-0.15, -0.1) is 0 Å². The average molecular weight is 1590 g/mol. The predicted molar refractivity (Wildman–Crippen MR) is 451 cm³/mol. The van der Waals surface area contributed by atoms with Gasteiger partial charge in [0.25, 0.3) is 0 Å². The van der Waals surface area contributed by atoms with E-state index in [1.807, 2.05) is 0 Å². The second-order valence-corrected chi connectivity index (χ2v) is 35.7. The van der Waals surface area contributed by atoms with Crippen LogP contribution in [0.25, 0.3) is 0 Å². The lowest BCUT2D eigenvalue weighted by Gasteiger charge is -2.21. The van der Waals surface area contributed by atoms with Crippen molar-refractivity contribution in [2.75, 3.05) is 39.6 Å². The van der Waals surface area contributed by atoms with Crippen molar-refractivity contribution in [1.29, 1.82) is 0 Å². The maximum Gasteiger partial charge on any atom is 0.472 e. The van der Waals surface area contributed by atoms with Crippen LogP contribution in [0, 0.1) is 11.8 Å². The first-order valence-electron chi connectivity index (χ1n) is 46.6. The molecule has 0 radical (unpaired) electrons. The Balaban J connectivity index is 5.24. The molecule has 19 heteroatoms. The third-order valence-corrected chi connectivity index (χ3v) is 23.8. The number of carbonyl (C=O) groups is 4. The lowest BCUT2D eigenvalue weighted by atomic mass is 9.99. The molecule has 109 heavy (non-hydrogen) atoms. The van der Waals surface area contributed by atoms with Crippen LogP contribution >= 0.6 is 15.6 Å². The first kappa shape index (κ1) is 107. The number of hydrogen-bond acceptors (Lipinski definition) is 15. The molecule has 0 bridgehead atoms. The van der Waals surface area contributed by atoms with Crippen molar-refractivity contribution in [3.05, 3.63) is 0 Å². The molecule has 0 amide bonds. The Morgan fingerprint density at radius 3 is 0.651 bits per heavy atom. The molecule has 4 unspecified atom stereocenters. The standard InChI is InChI=1S/C90H176O17P2/c1-7-11-13-15-17-19-21-23-25-26-27-28-32-36-39-43-47-54-60-66-72-87(92)100-78-85(106-89(94)75-69-63-57-49-45-41-37-33-30-29-31-35-38-42-46-52-58-64-70-82(5)9-3)80-104-108(96,97)102-76-84(91)77-103-109(98,99)105-81-86(79-101-88(93)73-67-61-55-51-50-53-59-65-71-83(6)10-4)107-90(95)74-68-62-56-48-44-40-34-24-22-20-18-16-14-12-8-2/h82-86,91H,7-81H2,1-6H3,(H,96,97)(H,98,99)/t82?,83?,84-,85-,86-/m1/s1. The number of esters is 4. The number of unbranched alkanes of at least 4 members (excludes halogenated alkanes) is 57. The van der Waals surface area contributed by atoms with Crippen LogP contribution in [0.1, 0.15) is 485 Å². The van der Waals surface area contributed by atoms with Crippen LogP contribution in [-0.2, 0) is 65.4 Å². The Morgan fingerprint density at radius 2 is 0.440 bits per heavy atom. The van der Waals surface area contributed by atoms with E-state index in [4.69, 9.17) is 37.0 Å². The molecule has 3 N–H and O–H groups in total. The van der Waals surface area contributed by atoms with Gasteiger partial charge in [0.1, 0.15) is 19.3 Å². The molecule has 17 nitrogen and oxygen atoms in total. The number of ether oxygens (including phenoxy) is 4. The Morgan fingerprint density at radius 1 is 0.257 bits per heavy atom. The smallest absolute Gasteiger partial charge is 0.462 e. The van der Waals surface area contributed by atoms with E-state index in [-0.39, 0.29) is 25.7 Å². The average Bonchev–Trinajstić information content (AvgIpc) is 0.902. The number of phosphoric acid groups is 2. The summed E-state index contributed by atoms with van der Waals surface area (Å²) >= 11 is 0. The maximum atomic E-state index is 13.2. The minimum Gasteiger partial charge on any atom is -0.462 e. The molecule has 0 saturated heterocycles. The van der Waals surface area contributed by atoms with Gasteiger partial charge < -0.3 is 33.8 Å². The minimum absolute atomic E-state index is 0.108. The van der Waals surface area contributed by atoms with Gasteiger partial charge in [0.15, 0.2) is 12.2 Å². The molecule has 0 spiro atoms. The van der Waals surface area contributed by atoms with Crippen molar-refractivity contribution >= 4 is 39.5 Å². The Bertz CT molecular complexity index is 2080. The molecule has 7 atom stereocenters. The van der Waals surface area contributed by atoms with E-state index in [0.717, 1.165) is 102 Å². The molecule has 0 aliphatic heterocycles. The van der Waals surface area contributed by atoms with Crippen LogP contribution in [0.15, 0.2) is 0 Å². The third-order valence-electron chi connectivity index (χ3n) is 21.9. The van der Waals surface area contributed by atoms with E-state index in [0.29, 0.717) is 25.7 Å². The van der Waals surface area contributed by atoms with Crippen molar-refractivity contribution in [2.45, 2.75) is 503 Å². The van der Waals surface area contributed by atoms with E-state index in [2.05, 4.69) is 41.5 Å². The van der Waals surface area contributed by atoms with Gasteiger partial charge in [-0.25, -0.2) is 9.13 Å². The zero-order valence-corrected chi connectivity index (χ0v) is 73.7. The molecule has 0 aromatic carbocycles. The molecule has 648 valence electrons. The number of rotatable bonds is 89. The molecule has 0 aromatic rings. The van der Waals surface area contributed by atoms with E-state index in [9.17, 15) is 43.2 Å². The topological polar surface area (TPSA) is 237 Å². The van der Waals surface area contributed by atoms with Gasteiger partial charge in [0, 0.05) is 25.7 Å². The molecular formula is C90H176O17P2. The largest absolute Gasteiger partial charge is 0.472 e. The van der Waals surface area contributed by atoms with E-state index < -0.39 is 97.5 Å². The zero-order valence-electron chi connectivity index (χ0n) is 71.9. The predicted octanol–water partition coefficient (Wildman–Crippen LogP) is 27.8. The summed E-state index contributed by atoms with van der Waals surface area (Å²) in [6, 6.07) is 0. The van der Waals surface area contributed by atoms with Crippen LogP contribution in [0.3, 0.4) is 0 Å². The molecule has 0 aromatic heterocycles. The normalized spacial score (nSPS) is 14.2. The third kappa shape index (κ3) is 81.0. The summed E-state index contributed by atoms with van der Waals surface area (Å²) in [6.45, 7) is 9.77. The maximum absolute atomic E-state index is 13.2. The van der Waals surface area contributed by atoms with Crippen LogP contribution in [-0.4, -0.2) is 96.7 Å². The highest BCUT2D eigenvalue weighted by Gasteiger charge is 2.31. The summed E-state index contributed by atoms with van der Waals surface area (Å²) in [5.41, 5.74) is 0. The molecule has 0 fully saturated rings. The summed E-state index contributed by atoms with van der Waals surface area (Å²) in [5.74, 6) is -0.448. The number of phosphoric ester groups is 2. The second kappa shape index (κ2) is 81.2. The highest BCUT2D eigenvalue weighted by Crippen LogP contribution is 2.45. The van der Waals surface area contributed by atoms with Gasteiger partial charge in [-0.05, 0) is 37.5 Å². The first-order chi connectivity index (χ1) is 52.9. The summed E-state index contributed by atoms with van der Waals surface area (Å²) in [6.07, 6.45) is 74.9. The van der Waals surface area contributed by atoms with Crippen molar-refractivity contribution in [3.8, 4) is 0 Å². The van der Waals surface area contributed by atoms with Crippen LogP contribution in [0.5, 0.6) is 0 Å². The highest BCUT2D eigenvalue weighted by molar-refractivity contribution is 7.47. The quantitative estimate of drug-likeness (QED) is 0.0222. The highest BCUT2D eigenvalue weighted by atomic mass is 31.2. The zero-order chi connectivity index (χ0) is 79.9. The van der Waals surface area contributed by atoms with Gasteiger partial charge in [-0.3, -0.25) is 37.3 Å². The van der Waals surface area contributed by atoms with Crippen LogP contribution < -0.4 is 0 Å². The molecule has 0 saturated carbocycles. The second-order valence-electron chi connectivity index (χ2n) is 32.8. The van der Waals surface area contributed by atoms with Gasteiger partial charge in [-0.1, -0.05) is 433 Å². The van der Waals surface area contributed by atoms with Gasteiger partial charge >= 0.3 is 39.5 Å². The van der Waals surface area contributed by atoms with Crippen LogP contribution in [0.2, 0.25) is 0 Å². The van der Waals surface area contributed by atoms with Crippen molar-refractivity contribution in [2.24, 2.45) is 11.8 Å². The summed E-state index contributed by atoms with van der Waals surface area (Å²) in [7, 11) is -9.93. The minimum atomic E-state index is -4.97. The van der Waals surface area contributed by atoms with Crippen molar-refractivity contribution in [1.82, 2.24) is 0 Å².